The Hall–Kier alpha value is -2.59. The zero-order valence-electron chi connectivity index (χ0n) is 15.9. The van der Waals surface area contributed by atoms with E-state index in [9.17, 15) is 4.79 Å². The van der Waals surface area contributed by atoms with E-state index in [4.69, 9.17) is 11.6 Å². The Bertz CT molecular complexity index is 917. The third kappa shape index (κ3) is 4.40. The molecule has 5 heteroatoms. The number of hydrogen-bond acceptors (Lipinski definition) is 2. The lowest BCUT2D eigenvalue weighted by Crippen LogP contribution is -2.13. The SMILES string of the molecule is CC[C@@H](C)c1ccc(NC(=O)c2c(C)nn(Cc3ccccc3)c2Cl)cc1. The molecule has 0 radical (unpaired) electrons. The van der Waals surface area contributed by atoms with Crippen LogP contribution in [0.2, 0.25) is 5.15 Å². The molecule has 0 unspecified atom stereocenters. The Morgan fingerprint density at radius 3 is 2.44 bits per heavy atom. The lowest BCUT2D eigenvalue weighted by molar-refractivity contribution is 0.102. The zero-order valence-corrected chi connectivity index (χ0v) is 16.6. The lowest BCUT2D eigenvalue weighted by Gasteiger charge is -2.10. The van der Waals surface area contributed by atoms with Crippen LogP contribution in [-0.2, 0) is 6.54 Å². The smallest absolute Gasteiger partial charge is 0.260 e. The fraction of sp³-hybridized carbons (Fsp3) is 0.273. The highest BCUT2D eigenvalue weighted by Crippen LogP contribution is 2.24. The summed E-state index contributed by atoms with van der Waals surface area (Å²) in [5.74, 6) is 0.260. The summed E-state index contributed by atoms with van der Waals surface area (Å²) < 4.78 is 1.66. The molecule has 0 spiro atoms. The minimum Gasteiger partial charge on any atom is -0.322 e. The molecule has 0 saturated heterocycles. The van der Waals surface area contributed by atoms with Crippen molar-refractivity contribution in [2.75, 3.05) is 5.32 Å². The molecule has 2 aromatic carbocycles. The molecule has 1 amide bonds. The van der Waals surface area contributed by atoms with Gasteiger partial charge < -0.3 is 5.32 Å². The molecule has 0 aliphatic heterocycles. The summed E-state index contributed by atoms with van der Waals surface area (Å²) in [5.41, 5.74) is 4.12. The zero-order chi connectivity index (χ0) is 19.4. The highest BCUT2D eigenvalue weighted by molar-refractivity contribution is 6.33. The van der Waals surface area contributed by atoms with E-state index in [2.05, 4.69) is 36.4 Å². The van der Waals surface area contributed by atoms with Crippen molar-refractivity contribution in [3.63, 3.8) is 0 Å². The van der Waals surface area contributed by atoms with Crippen molar-refractivity contribution in [1.82, 2.24) is 9.78 Å². The van der Waals surface area contributed by atoms with Crippen LogP contribution in [0, 0.1) is 6.92 Å². The predicted molar refractivity (Wildman–Crippen MR) is 111 cm³/mol. The van der Waals surface area contributed by atoms with Gasteiger partial charge in [-0.15, -0.1) is 0 Å². The molecule has 1 atom stereocenters. The third-order valence-electron chi connectivity index (χ3n) is 4.82. The maximum Gasteiger partial charge on any atom is 0.260 e. The summed E-state index contributed by atoms with van der Waals surface area (Å²) >= 11 is 6.47. The normalized spacial score (nSPS) is 12.0. The second-order valence-corrected chi connectivity index (χ2v) is 7.14. The average molecular weight is 382 g/mol. The molecule has 27 heavy (non-hydrogen) atoms. The molecule has 1 aromatic heterocycles. The minimum absolute atomic E-state index is 0.242. The number of aromatic nitrogens is 2. The van der Waals surface area contributed by atoms with Crippen LogP contribution in [0.15, 0.2) is 54.6 Å². The van der Waals surface area contributed by atoms with Gasteiger partial charge in [0.1, 0.15) is 5.15 Å². The number of benzene rings is 2. The van der Waals surface area contributed by atoms with Gasteiger partial charge in [-0.05, 0) is 42.5 Å². The highest BCUT2D eigenvalue weighted by atomic mass is 35.5. The summed E-state index contributed by atoms with van der Waals surface area (Å²) in [7, 11) is 0. The molecule has 0 fully saturated rings. The number of halogens is 1. The molecule has 3 rings (SSSR count). The second kappa shape index (κ2) is 8.40. The van der Waals surface area contributed by atoms with Gasteiger partial charge in [-0.1, -0.05) is 67.9 Å². The minimum atomic E-state index is -0.242. The average Bonchev–Trinajstić information content (AvgIpc) is 2.95. The van der Waals surface area contributed by atoms with Gasteiger partial charge in [-0.2, -0.15) is 5.10 Å². The van der Waals surface area contributed by atoms with Gasteiger partial charge in [-0.25, -0.2) is 4.68 Å². The topological polar surface area (TPSA) is 46.9 Å². The van der Waals surface area contributed by atoms with Crippen LogP contribution in [0.3, 0.4) is 0 Å². The quantitative estimate of drug-likeness (QED) is 0.598. The van der Waals surface area contributed by atoms with E-state index in [1.54, 1.807) is 11.6 Å². The number of carbonyl (C=O) groups is 1. The van der Waals surface area contributed by atoms with E-state index < -0.39 is 0 Å². The molecule has 0 saturated carbocycles. The van der Waals surface area contributed by atoms with Crippen LogP contribution in [0.5, 0.6) is 0 Å². The van der Waals surface area contributed by atoms with Crippen molar-refractivity contribution in [3.8, 4) is 0 Å². The maximum absolute atomic E-state index is 12.7. The molecule has 1 N–H and O–H groups in total. The van der Waals surface area contributed by atoms with Crippen molar-refractivity contribution in [2.24, 2.45) is 0 Å². The molecule has 0 aliphatic carbocycles. The summed E-state index contributed by atoms with van der Waals surface area (Å²) in [6.45, 7) is 6.68. The van der Waals surface area contributed by atoms with Crippen LogP contribution < -0.4 is 5.32 Å². The Kier molecular flexibility index (Phi) is 5.97. The number of carbonyl (C=O) groups excluding carboxylic acids is 1. The van der Waals surface area contributed by atoms with Crippen LogP contribution in [0.4, 0.5) is 5.69 Å². The molecule has 3 aromatic rings. The standard InChI is InChI=1S/C22H24ClN3O/c1-4-15(2)18-10-12-19(13-11-18)24-22(27)20-16(3)25-26(21(20)23)14-17-8-6-5-7-9-17/h5-13,15H,4,14H2,1-3H3,(H,24,27)/t15-/m1/s1. The lowest BCUT2D eigenvalue weighted by atomic mass is 9.98. The van der Waals surface area contributed by atoms with Gasteiger partial charge >= 0.3 is 0 Å². The number of nitrogens with zero attached hydrogens (tertiary/aromatic N) is 2. The van der Waals surface area contributed by atoms with Gasteiger partial charge in [0, 0.05) is 5.69 Å². The van der Waals surface area contributed by atoms with E-state index in [1.165, 1.54) is 5.56 Å². The van der Waals surface area contributed by atoms with E-state index in [0.29, 0.717) is 28.9 Å². The van der Waals surface area contributed by atoms with Gasteiger partial charge in [0.2, 0.25) is 0 Å². The Morgan fingerprint density at radius 2 is 1.81 bits per heavy atom. The Labute approximate surface area is 165 Å². The van der Waals surface area contributed by atoms with Crippen molar-refractivity contribution < 1.29 is 4.79 Å². The van der Waals surface area contributed by atoms with E-state index in [0.717, 1.165) is 17.7 Å². The monoisotopic (exact) mass is 381 g/mol. The highest BCUT2D eigenvalue weighted by Gasteiger charge is 2.20. The first-order valence-corrected chi connectivity index (χ1v) is 9.55. The number of hydrogen-bond donors (Lipinski definition) is 1. The molecule has 1 heterocycles. The molecular weight excluding hydrogens is 358 g/mol. The van der Waals surface area contributed by atoms with Crippen molar-refractivity contribution >= 4 is 23.2 Å². The number of amides is 1. The Morgan fingerprint density at radius 1 is 1.15 bits per heavy atom. The van der Waals surface area contributed by atoms with Gasteiger partial charge in [0.25, 0.3) is 5.91 Å². The first-order valence-electron chi connectivity index (χ1n) is 9.17. The number of rotatable bonds is 6. The molecular formula is C22H24ClN3O. The first kappa shape index (κ1) is 19.2. The largest absolute Gasteiger partial charge is 0.322 e. The van der Waals surface area contributed by atoms with Crippen LogP contribution in [0.1, 0.15) is 53.4 Å². The summed E-state index contributed by atoms with van der Waals surface area (Å²) in [6, 6.07) is 17.9. The first-order chi connectivity index (χ1) is 13.0. The summed E-state index contributed by atoms with van der Waals surface area (Å²) in [4.78, 5) is 12.7. The van der Waals surface area contributed by atoms with Crippen LogP contribution in [0.25, 0.3) is 0 Å². The predicted octanol–water partition coefficient (Wildman–Crippen LogP) is 5.66. The van der Waals surface area contributed by atoms with Crippen molar-refractivity contribution in [1.29, 1.82) is 0 Å². The fourth-order valence-electron chi connectivity index (χ4n) is 3.00. The van der Waals surface area contributed by atoms with Crippen LogP contribution >= 0.6 is 11.6 Å². The van der Waals surface area contributed by atoms with E-state index >= 15 is 0 Å². The van der Waals surface area contributed by atoms with Gasteiger partial charge in [0.15, 0.2) is 0 Å². The molecule has 140 valence electrons. The second-order valence-electron chi connectivity index (χ2n) is 6.78. The molecule has 0 bridgehead atoms. The van der Waals surface area contributed by atoms with E-state index in [-0.39, 0.29) is 5.91 Å². The van der Waals surface area contributed by atoms with Gasteiger partial charge in [-0.3, -0.25) is 4.79 Å². The molecule has 0 aliphatic rings. The third-order valence-corrected chi connectivity index (χ3v) is 5.20. The van der Waals surface area contributed by atoms with E-state index in [1.807, 2.05) is 42.5 Å². The maximum atomic E-state index is 12.7. The van der Waals surface area contributed by atoms with Crippen molar-refractivity contribution in [3.05, 3.63) is 82.1 Å². The number of anilines is 1. The molecule has 4 nitrogen and oxygen atoms in total. The summed E-state index contributed by atoms with van der Waals surface area (Å²) in [6.07, 6.45) is 1.08. The number of nitrogens with one attached hydrogen (secondary N) is 1. The number of aryl methyl sites for hydroxylation is 1. The fourth-order valence-corrected chi connectivity index (χ4v) is 3.32. The van der Waals surface area contributed by atoms with Crippen molar-refractivity contribution in [2.45, 2.75) is 39.7 Å². The summed E-state index contributed by atoms with van der Waals surface area (Å²) in [5, 5.41) is 7.72. The van der Waals surface area contributed by atoms with Crippen LogP contribution in [-0.4, -0.2) is 15.7 Å². The van der Waals surface area contributed by atoms with Gasteiger partial charge in [0.05, 0.1) is 17.8 Å². The Balaban J connectivity index is 1.77.